The highest BCUT2D eigenvalue weighted by Crippen LogP contribution is 2.22. The second-order valence-corrected chi connectivity index (χ2v) is 5.48. The molecule has 8 nitrogen and oxygen atoms in total. The summed E-state index contributed by atoms with van der Waals surface area (Å²) in [6.45, 7) is 5.13. The molecular weight excluding hydrogens is 276 g/mol. The predicted octanol–water partition coefficient (Wildman–Crippen LogP) is 1.02. The number of aromatic nitrogens is 2. The lowest BCUT2D eigenvalue weighted by Gasteiger charge is -2.20. The van der Waals surface area contributed by atoms with Crippen LogP contribution in [0.4, 0.5) is 0 Å². The van der Waals surface area contributed by atoms with Crippen LogP contribution in [0, 0.1) is 5.41 Å². The lowest BCUT2D eigenvalue weighted by atomic mass is 9.95. The Bertz CT molecular complexity index is 639. The monoisotopic (exact) mass is 292 g/mol. The fourth-order valence-electron chi connectivity index (χ4n) is 1.45. The number of primary amides is 1. The summed E-state index contributed by atoms with van der Waals surface area (Å²) in [6, 6.07) is 2.10. The number of nitrogens with zero attached hydrogens (tertiary/aromatic N) is 2. The Balaban J connectivity index is 2.24. The Labute approximate surface area is 120 Å². The molecule has 0 fully saturated rings. The molecule has 0 aromatic carbocycles. The van der Waals surface area contributed by atoms with E-state index < -0.39 is 17.4 Å². The molecule has 2 aromatic rings. The van der Waals surface area contributed by atoms with E-state index in [0.29, 0.717) is 5.76 Å². The van der Waals surface area contributed by atoms with Crippen molar-refractivity contribution in [1.82, 2.24) is 15.5 Å². The van der Waals surface area contributed by atoms with E-state index in [9.17, 15) is 9.59 Å². The zero-order chi connectivity index (χ0) is 15.6. The third kappa shape index (κ3) is 3.28. The molecule has 0 bridgehead atoms. The van der Waals surface area contributed by atoms with E-state index in [2.05, 4.69) is 15.5 Å². The van der Waals surface area contributed by atoms with Crippen LogP contribution in [0.3, 0.4) is 0 Å². The highest BCUT2D eigenvalue weighted by Gasteiger charge is 2.31. The van der Waals surface area contributed by atoms with Gasteiger partial charge >= 0.3 is 0 Å². The molecule has 2 heterocycles. The van der Waals surface area contributed by atoms with Crippen molar-refractivity contribution in [3.63, 3.8) is 0 Å². The van der Waals surface area contributed by atoms with Gasteiger partial charge in [0.25, 0.3) is 5.89 Å². The maximum absolute atomic E-state index is 12.0. The summed E-state index contributed by atoms with van der Waals surface area (Å²) in [5, 5.41) is 9.99. The third-order valence-corrected chi connectivity index (χ3v) is 2.66. The number of furan rings is 1. The second-order valence-electron chi connectivity index (χ2n) is 5.48. The van der Waals surface area contributed by atoms with Gasteiger partial charge in [0.05, 0.1) is 6.26 Å². The van der Waals surface area contributed by atoms with Gasteiger partial charge in [-0.05, 0) is 12.1 Å². The summed E-state index contributed by atoms with van der Waals surface area (Å²) < 4.78 is 10.4. The third-order valence-electron chi connectivity index (χ3n) is 2.66. The van der Waals surface area contributed by atoms with Crippen LogP contribution in [-0.4, -0.2) is 22.0 Å². The molecule has 0 aliphatic carbocycles. The summed E-state index contributed by atoms with van der Waals surface area (Å²) in [5.74, 6) is -0.775. The lowest BCUT2D eigenvalue weighted by molar-refractivity contribution is -0.133. The summed E-state index contributed by atoms with van der Waals surface area (Å²) >= 11 is 0. The number of nitrogens with one attached hydrogen (secondary N) is 1. The molecule has 112 valence electrons. The summed E-state index contributed by atoms with van der Waals surface area (Å²) in [5.41, 5.74) is 4.60. The van der Waals surface area contributed by atoms with Crippen LogP contribution in [-0.2, 0) is 9.59 Å². The van der Waals surface area contributed by atoms with E-state index in [-0.39, 0.29) is 17.7 Å². The molecule has 2 amide bonds. The van der Waals surface area contributed by atoms with E-state index in [4.69, 9.17) is 14.6 Å². The van der Waals surface area contributed by atoms with E-state index in [1.165, 1.54) is 6.26 Å². The van der Waals surface area contributed by atoms with E-state index in [0.717, 1.165) is 0 Å². The highest BCUT2D eigenvalue weighted by molar-refractivity contribution is 5.88. The lowest BCUT2D eigenvalue weighted by Crippen LogP contribution is -2.42. The Morgan fingerprint density at radius 1 is 1.33 bits per heavy atom. The predicted molar refractivity (Wildman–Crippen MR) is 71.5 cm³/mol. The number of hydrogen-bond acceptors (Lipinski definition) is 6. The first-order valence-electron chi connectivity index (χ1n) is 6.26. The van der Waals surface area contributed by atoms with Gasteiger partial charge in [-0.1, -0.05) is 20.8 Å². The first-order valence-corrected chi connectivity index (χ1v) is 6.26. The molecule has 8 heteroatoms. The van der Waals surface area contributed by atoms with Gasteiger partial charge in [0.2, 0.25) is 17.7 Å². The molecule has 0 saturated carbocycles. The molecule has 21 heavy (non-hydrogen) atoms. The Morgan fingerprint density at radius 3 is 2.57 bits per heavy atom. The topological polar surface area (TPSA) is 124 Å². The van der Waals surface area contributed by atoms with Gasteiger partial charge in [-0.25, -0.2) is 0 Å². The first-order chi connectivity index (χ1) is 9.79. The normalized spacial score (nSPS) is 12.9. The number of carbonyl (C=O) groups is 2. The van der Waals surface area contributed by atoms with Crippen LogP contribution >= 0.6 is 0 Å². The molecule has 0 radical (unpaired) electrons. The number of nitrogens with two attached hydrogens (primary N) is 1. The van der Waals surface area contributed by atoms with Gasteiger partial charge in [0.1, 0.15) is 0 Å². The molecule has 0 unspecified atom stereocenters. The van der Waals surface area contributed by atoms with Gasteiger partial charge in [-0.15, -0.1) is 10.2 Å². The molecule has 3 N–H and O–H groups in total. The molecule has 0 aliphatic rings. The van der Waals surface area contributed by atoms with Gasteiger partial charge in [0, 0.05) is 5.41 Å². The molecule has 2 rings (SSSR count). The SMILES string of the molecule is CC(C)(C)C(=O)N[C@@H](C(N)=O)c1nnc(-c2ccco2)o1. The van der Waals surface area contributed by atoms with E-state index >= 15 is 0 Å². The molecule has 1 atom stereocenters. The maximum Gasteiger partial charge on any atom is 0.283 e. The minimum atomic E-state index is -1.19. The zero-order valence-electron chi connectivity index (χ0n) is 11.9. The quantitative estimate of drug-likeness (QED) is 0.866. The van der Waals surface area contributed by atoms with Crippen molar-refractivity contribution < 1.29 is 18.4 Å². The Morgan fingerprint density at radius 2 is 2.05 bits per heavy atom. The Kier molecular flexibility index (Phi) is 3.79. The second kappa shape index (κ2) is 5.39. The molecule has 2 aromatic heterocycles. The molecular formula is C13H16N4O4. The van der Waals surface area contributed by atoms with E-state index in [1.807, 2.05) is 0 Å². The van der Waals surface area contributed by atoms with Crippen LogP contribution in [0.5, 0.6) is 0 Å². The van der Waals surface area contributed by atoms with Crippen molar-refractivity contribution in [3.05, 3.63) is 24.3 Å². The average Bonchev–Trinajstić information content (AvgIpc) is 3.04. The maximum atomic E-state index is 12.0. The van der Waals surface area contributed by atoms with Crippen LogP contribution in [0.25, 0.3) is 11.7 Å². The average molecular weight is 292 g/mol. The van der Waals surface area contributed by atoms with Crippen LogP contribution in [0.2, 0.25) is 0 Å². The fraction of sp³-hybridized carbons (Fsp3) is 0.385. The minimum Gasteiger partial charge on any atom is -0.459 e. The number of amides is 2. The van der Waals surface area contributed by atoms with Crippen molar-refractivity contribution >= 4 is 11.8 Å². The standard InChI is InChI=1S/C13H16N4O4/c1-13(2,3)12(19)15-8(9(14)18)11-17-16-10(21-11)7-5-4-6-20-7/h4-6,8H,1-3H3,(H2,14,18)(H,15,19)/t8-/m0/s1. The largest absolute Gasteiger partial charge is 0.459 e. The molecule has 0 spiro atoms. The Hall–Kier alpha value is -2.64. The summed E-state index contributed by atoms with van der Waals surface area (Å²) in [6.07, 6.45) is 1.45. The minimum absolute atomic E-state index is 0.0912. The van der Waals surface area contributed by atoms with Gasteiger partial charge in [-0.3, -0.25) is 9.59 Å². The van der Waals surface area contributed by atoms with Crippen LogP contribution in [0.15, 0.2) is 27.2 Å². The van der Waals surface area contributed by atoms with Gasteiger partial charge < -0.3 is 19.9 Å². The number of rotatable bonds is 4. The first kappa shape index (κ1) is 14.8. The zero-order valence-corrected chi connectivity index (χ0v) is 11.9. The number of carbonyl (C=O) groups excluding carboxylic acids is 2. The van der Waals surface area contributed by atoms with Crippen molar-refractivity contribution in [2.75, 3.05) is 0 Å². The molecule has 0 saturated heterocycles. The number of hydrogen-bond donors (Lipinski definition) is 2. The summed E-state index contributed by atoms with van der Waals surface area (Å²) in [4.78, 5) is 23.5. The van der Waals surface area contributed by atoms with Gasteiger partial charge in [0.15, 0.2) is 11.8 Å². The smallest absolute Gasteiger partial charge is 0.283 e. The molecule has 0 aliphatic heterocycles. The van der Waals surface area contributed by atoms with Gasteiger partial charge in [-0.2, -0.15) is 0 Å². The fourth-order valence-corrected chi connectivity index (χ4v) is 1.45. The van der Waals surface area contributed by atoms with Crippen molar-refractivity contribution in [2.45, 2.75) is 26.8 Å². The summed E-state index contributed by atoms with van der Waals surface area (Å²) in [7, 11) is 0. The van der Waals surface area contributed by atoms with Crippen LogP contribution in [0.1, 0.15) is 32.7 Å². The highest BCUT2D eigenvalue weighted by atomic mass is 16.4. The van der Waals surface area contributed by atoms with Crippen molar-refractivity contribution in [1.29, 1.82) is 0 Å². The van der Waals surface area contributed by atoms with Crippen molar-refractivity contribution in [2.24, 2.45) is 11.1 Å². The van der Waals surface area contributed by atoms with E-state index in [1.54, 1.807) is 32.9 Å². The van der Waals surface area contributed by atoms with Crippen LogP contribution < -0.4 is 11.1 Å². The van der Waals surface area contributed by atoms with Crippen molar-refractivity contribution in [3.8, 4) is 11.7 Å².